The van der Waals surface area contributed by atoms with Crippen molar-refractivity contribution in [1.82, 2.24) is 0 Å². The summed E-state index contributed by atoms with van der Waals surface area (Å²) in [6.45, 7) is 6.48. The molecule has 1 unspecified atom stereocenters. The van der Waals surface area contributed by atoms with E-state index in [4.69, 9.17) is 14.2 Å². The second-order valence-corrected chi connectivity index (χ2v) is 20.6. The Morgan fingerprint density at radius 1 is 0.284 bits per heavy atom. The Labute approximate surface area is 457 Å². The molecule has 0 saturated carbocycles. The lowest BCUT2D eigenvalue weighted by atomic mass is 10.0. The minimum atomic E-state index is -0.775. The van der Waals surface area contributed by atoms with Crippen molar-refractivity contribution in [3.8, 4) is 0 Å². The van der Waals surface area contributed by atoms with E-state index in [1.54, 1.807) is 0 Å². The molecule has 0 saturated heterocycles. The lowest BCUT2D eigenvalue weighted by Crippen LogP contribution is -2.30. The largest absolute Gasteiger partial charge is 0.462 e. The van der Waals surface area contributed by atoms with Gasteiger partial charge in [-0.3, -0.25) is 14.4 Å². The molecule has 0 aromatic rings. The van der Waals surface area contributed by atoms with E-state index in [-0.39, 0.29) is 31.1 Å². The zero-order chi connectivity index (χ0) is 53.6. The molecule has 6 heteroatoms. The van der Waals surface area contributed by atoms with Gasteiger partial charge in [0.2, 0.25) is 0 Å². The topological polar surface area (TPSA) is 78.9 Å². The van der Waals surface area contributed by atoms with Gasteiger partial charge in [-0.2, -0.15) is 0 Å². The van der Waals surface area contributed by atoms with Crippen LogP contribution in [0.3, 0.4) is 0 Å². The number of hydrogen-bond donors (Lipinski definition) is 0. The van der Waals surface area contributed by atoms with Gasteiger partial charge in [-0.15, -0.1) is 0 Å². The summed E-state index contributed by atoms with van der Waals surface area (Å²) >= 11 is 0. The Hall–Kier alpha value is -3.67. The molecule has 0 aliphatic carbocycles. The minimum Gasteiger partial charge on any atom is -0.462 e. The van der Waals surface area contributed by atoms with E-state index in [1.807, 2.05) is 0 Å². The molecule has 0 N–H and O–H groups in total. The quantitative estimate of drug-likeness (QED) is 0.0261. The van der Waals surface area contributed by atoms with Crippen LogP contribution in [-0.2, 0) is 28.6 Å². The first-order valence-corrected chi connectivity index (χ1v) is 31.2. The third-order valence-corrected chi connectivity index (χ3v) is 13.4. The standard InChI is InChI=1S/C68H116O6/c1-4-7-10-13-16-18-20-22-24-26-27-28-29-30-31-32-33-34-35-36-37-38-39-40-41-43-44-46-48-50-52-55-58-61-67(70)73-64-65(63-72-66(69)60-57-54-15-12-9-6-3)74-68(71)62-59-56-53-51-49-47-45-42-25-23-21-19-17-14-11-8-5-2/h7,10,16,18,22,24,27-28,30-31,33-34,36-37,39-40,65H,4-6,8-9,11-15,17,19-21,23,25-26,29,32,35,38,41-64H2,1-3H3/b10-7-,18-16-,24-22-,28-27-,31-30-,34-33-,37-36-,40-39-. The summed E-state index contributed by atoms with van der Waals surface area (Å²) in [5, 5.41) is 0. The monoisotopic (exact) mass is 1030 g/mol. The van der Waals surface area contributed by atoms with Gasteiger partial charge in [-0.25, -0.2) is 0 Å². The molecule has 0 heterocycles. The maximum atomic E-state index is 12.8. The molecule has 0 rings (SSSR count). The number of esters is 3. The first kappa shape index (κ1) is 70.3. The van der Waals surface area contributed by atoms with Crippen molar-refractivity contribution in [3.63, 3.8) is 0 Å². The zero-order valence-corrected chi connectivity index (χ0v) is 48.6. The normalized spacial score (nSPS) is 12.7. The second kappa shape index (κ2) is 61.9. The fourth-order valence-electron chi connectivity index (χ4n) is 8.69. The zero-order valence-electron chi connectivity index (χ0n) is 48.6. The van der Waals surface area contributed by atoms with Crippen LogP contribution in [0, 0.1) is 0 Å². The molecule has 1 atom stereocenters. The van der Waals surface area contributed by atoms with Crippen LogP contribution in [0.5, 0.6) is 0 Å². The van der Waals surface area contributed by atoms with Gasteiger partial charge in [-0.1, -0.05) is 291 Å². The highest BCUT2D eigenvalue weighted by atomic mass is 16.6. The van der Waals surface area contributed by atoms with Crippen molar-refractivity contribution >= 4 is 17.9 Å². The lowest BCUT2D eigenvalue weighted by Gasteiger charge is -2.18. The Bertz CT molecular complexity index is 1460. The van der Waals surface area contributed by atoms with Gasteiger partial charge in [0.05, 0.1) is 0 Å². The summed E-state index contributed by atoms with van der Waals surface area (Å²) in [6.07, 6.45) is 83.0. The van der Waals surface area contributed by atoms with Gasteiger partial charge < -0.3 is 14.2 Å². The lowest BCUT2D eigenvalue weighted by molar-refractivity contribution is -0.167. The van der Waals surface area contributed by atoms with Gasteiger partial charge in [0.25, 0.3) is 0 Å². The maximum absolute atomic E-state index is 12.8. The summed E-state index contributed by atoms with van der Waals surface area (Å²) < 4.78 is 16.8. The van der Waals surface area contributed by atoms with E-state index in [0.29, 0.717) is 19.3 Å². The third-order valence-electron chi connectivity index (χ3n) is 13.4. The van der Waals surface area contributed by atoms with Crippen molar-refractivity contribution in [3.05, 3.63) is 97.2 Å². The highest BCUT2D eigenvalue weighted by molar-refractivity contribution is 5.71. The number of hydrogen-bond acceptors (Lipinski definition) is 6. The molecule has 0 radical (unpaired) electrons. The molecule has 74 heavy (non-hydrogen) atoms. The van der Waals surface area contributed by atoms with Crippen LogP contribution in [-0.4, -0.2) is 37.2 Å². The molecule has 0 aliphatic rings. The predicted octanol–water partition coefficient (Wildman–Crippen LogP) is 21.3. The molecule has 0 amide bonds. The first-order chi connectivity index (χ1) is 36.5. The summed E-state index contributed by atoms with van der Waals surface area (Å²) in [4.78, 5) is 37.9. The number of allylic oxidation sites excluding steroid dienone is 16. The van der Waals surface area contributed by atoms with E-state index in [2.05, 4.69) is 118 Å². The van der Waals surface area contributed by atoms with Gasteiger partial charge in [0, 0.05) is 19.3 Å². The third kappa shape index (κ3) is 59.2. The Kier molecular flexibility index (Phi) is 58.8. The SMILES string of the molecule is CC/C=C\C/C=C\C/C=C\C/C=C\C/C=C\C/C=C\C/C=C\C/C=C\CCCCCCCCCCC(=O)OCC(COC(=O)CCCCCCCC)OC(=O)CCCCCCCCCCCCCCCCCCC. The molecule has 0 aromatic heterocycles. The molecule has 0 aromatic carbocycles. The van der Waals surface area contributed by atoms with E-state index in [1.165, 1.54) is 141 Å². The van der Waals surface area contributed by atoms with Gasteiger partial charge in [-0.05, 0) is 83.5 Å². The van der Waals surface area contributed by atoms with Crippen molar-refractivity contribution < 1.29 is 28.6 Å². The van der Waals surface area contributed by atoms with Crippen molar-refractivity contribution in [2.75, 3.05) is 13.2 Å². The molecule has 0 bridgehead atoms. The molecule has 0 spiro atoms. The maximum Gasteiger partial charge on any atom is 0.306 e. The fraction of sp³-hybridized carbons (Fsp3) is 0.721. The Morgan fingerprint density at radius 3 is 0.824 bits per heavy atom. The van der Waals surface area contributed by atoms with Gasteiger partial charge in [0.15, 0.2) is 6.10 Å². The van der Waals surface area contributed by atoms with Crippen LogP contribution in [0.4, 0.5) is 0 Å². The molecular formula is C68H116O6. The number of unbranched alkanes of at least 4 members (excludes halogenated alkanes) is 29. The van der Waals surface area contributed by atoms with Crippen LogP contribution < -0.4 is 0 Å². The molecule has 6 nitrogen and oxygen atoms in total. The molecule has 424 valence electrons. The van der Waals surface area contributed by atoms with E-state index in [0.717, 1.165) is 116 Å². The average Bonchev–Trinajstić information content (AvgIpc) is 3.40. The van der Waals surface area contributed by atoms with E-state index >= 15 is 0 Å². The van der Waals surface area contributed by atoms with Crippen LogP contribution in [0.25, 0.3) is 0 Å². The summed E-state index contributed by atoms with van der Waals surface area (Å²) in [6, 6.07) is 0. The number of ether oxygens (including phenoxy) is 3. The second-order valence-electron chi connectivity index (χ2n) is 20.6. The number of rotatable bonds is 56. The molecule has 0 aliphatic heterocycles. The summed E-state index contributed by atoms with van der Waals surface area (Å²) in [7, 11) is 0. The van der Waals surface area contributed by atoms with Crippen LogP contribution in [0.2, 0.25) is 0 Å². The van der Waals surface area contributed by atoms with E-state index < -0.39 is 6.10 Å². The fourth-order valence-corrected chi connectivity index (χ4v) is 8.69. The summed E-state index contributed by atoms with van der Waals surface area (Å²) in [5.41, 5.74) is 0. The van der Waals surface area contributed by atoms with Gasteiger partial charge in [0.1, 0.15) is 13.2 Å². The average molecular weight is 1030 g/mol. The summed E-state index contributed by atoms with van der Waals surface area (Å²) in [5.74, 6) is -0.886. The van der Waals surface area contributed by atoms with Crippen LogP contribution >= 0.6 is 0 Å². The van der Waals surface area contributed by atoms with Crippen molar-refractivity contribution in [1.29, 1.82) is 0 Å². The highest BCUT2D eigenvalue weighted by Gasteiger charge is 2.19. The highest BCUT2D eigenvalue weighted by Crippen LogP contribution is 2.16. The van der Waals surface area contributed by atoms with Crippen molar-refractivity contribution in [2.24, 2.45) is 0 Å². The molecular weight excluding hydrogens is 913 g/mol. The van der Waals surface area contributed by atoms with Gasteiger partial charge >= 0.3 is 17.9 Å². The number of carbonyl (C=O) groups is 3. The van der Waals surface area contributed by atoms with Crippen LogP contribution in [0.1, 0.15) is 297 Å². The van der Waals surface area contributed by atoms with E-state index in [9.17, 15) is 14.4 Å². The predicted molar refractivity (Wildman–Crippen MR) is 320 cm³/mol. The smallest absolute Gasteiger partial charge is 0.306 e. The first-order valence-electron chi connectivity index (χ1n) is 31.2. The Balaban J connectivity index is 4.09. The van der Waals surface area contributed by atoms with Crippen LogP contribution in [0.15, 0.2) is 97.2 Å². The van der Waals surface area contributed by atoms with Crippen molar-refractivity contribution in [2.45, 2.75) is 303 Å². The number of carbonyl (C=O) groups excluding carboxylic acids is 3. The Morgan fingerprint density at radius 2 is 0.527 bits per heavy atom. The minimum absolute atomic E-state index is 0.0767. The molecule has 0 fully saturated rings.